The molecule has 0 bridgehead atoms. The van der Waals surface area contributed by atoms with Crippen LogP contribution in [0.4, 0.5) is 20.2 Å². The predicted octanol–water partition coefficient (Wildman–Crippen LogP) is 2.42. The van der Waals surface area contributed by atoms with Crippen LogP contribution in [0, 0.1) is 27.7 Å². The summed E-state index contributed by atoms with van der Waals surface area (Å²) in [6.07, 6.45) is 0. The van der Waals surface area contributed by atoms with Crippen LogP contribution in [0.3, 0.4) is 0 Å². The summed E-state index contributed by atoms with van der Waals surface area (Å²) in [7, 11) is 0. The van der Waals surface area contributed by atoms with Crippen LogP contribution in [0.1, 0.15) is 13.8 Å². The molecule has 1 unspecified atom stereocenters. The standard InChI is InChI=1S/C12H14F2N2O4/c1-3-15(6-7(2)12(17)18)11-9(16(19)20)5-4-8(13)10(11)14/h4-5,7H,3,6H2,1-2H3,(H,17,18). The van der Waals surface area contributed by atoms with Gasteiger partial charge < -0.3 is 10.0 Å². The molecule has 0 spiro atoms. The number of nitro benzene ring substituents is 1. The van der Waals surface area contributed by atoms with Gasteiger partial charge in [0.15, 0.2) is 17.3 Å². The summed E-state index contributed by atoms with van der Waals surface area (Å²) in [5, 5.41) is 19.7. The fraction of sp³-hybridized carbons (Fsp3) is 0.417. The normalized spacial score (nSPS) is 12.0. The molecule has 0 aromatic heterocycles. The van der Waals surface area contributed by atoms with Crippen molar-refractivity contribution in [3.63, 3.8) is 0 Å². The minimum absolute atomic E-state index is 0.110. The number of rotatable bonds is 6. The topological polar surface area (TPSA) is 83.7 Å². The Labute approximate surface area is 113 Å². The van der Waals surface area contributed by atoms with Crippen molar-refractivity contribution in [3.05, 3.63) is 33.9 Å². The van der Waals surface area contributed by atoms with Crippen LogP contribution in [0.15, 0.2) is 12.1 Å². The average molecular weight is 288 g/mol. The largest absolute Gasteiger partial charge is 0.481 e. The Morgan fingerprint density at radius 3 is 2.55 bits per heavy atom. The molecule has 0 aliphatic rings. The Kier molecular flexibility index (Phi) is 4.95. The molecule has 0 saturated carbocycles. The monoisotopic (exact) mass is 288 g/mol. The minimum atomic E-state index is -1.35. The first kappa shape index (κ1) is 15.8. The highest BCUT2D eigenvalue weighted by molar-refractivity contribution is 5.71. The van der Waals surface area contributed by atoms with Crippen LogP contribution in [-0.4, -0.2) is 29.1 Å². The molecule has 0 aliphatic carbocycles. The number of hydrogen-bond donors (Lipinski definition) is 1. The van der Waals surface area contributed by atoms with Crippen LogP contribution in [0.25, 0.3) is 0 Å². The van der Waals surface area contributed by atoms with Gasteiger partial charge in [-0.2, -0.15) is 0 Å². The molecule has 8 heteroatoms. The van der Waals surface area contributed by atoms with E-state index in [0.29, 0.717) is 6.07 Å². The summed E-state index contributed by atoms with van der Waals surface area (Å²) in [4.78, 5) is 22.0. The third-order valence-electron chi connectivity index (χ3n) is 2.86. The Balaban J connectivity index is 3.29. The van der Waals surface area contributed by atoms with Crippen LogP contribution in [-0.2, 0) is 4.79 Å². The second-order valence-electron chi connectivity index (χ2n) is 4.26. The number of nitrogens with zero attached hydrogens (tertiary/aromatic N) is 2. The first-order valence-corrected chi connectivity index (χ1v) is 5.89. The summed E-state index contributed by atoms with van der Waals surface area (Å²) in [5.41, 5.74) is -1.12. The van der Waals surface area contributed by atoms with Gasteiger partial charge in [-0.15, -0.1) is 0 Å². The molecule has 0 saturated heterocycles. The highest BCUT2D eigenvalue weighted by atomic mass is 19.2. The Bertz CT molecular complexity index is 536. The maximum absolute atomic E-state index is 13.8. The van der Waals surface area contributed by atoms with Crippen molar-refractivity contribution in [2.75, 3.05) is 18.0 Å². The number of halogens is 2. The van der Waals surface area contributed by atoms with E-state index in [0.717, 1.165) is 11.0 Å². The molecule has 1 N–H and O–H groups in total. The van der Waals surface area contributed by atoms with E-state index < -0.39 is 39.8 Å². The lowest BCUT2D eigenvalue weighted by Crippen LogP contribution is -2.33. The number of nitro groups is 1. The second-order valence-corrected chi connectivity index (χ2v) is 4.26. The van der Waals surface area contributed by atoms with E-state index in [1.165, 1.54) is 6.92 Å². The smallest absolute Gasteiger partial charge is 0.308 e. The van der Waals surface area contributed by atoms with Gasteiger partial charge in [0, 0.05) is 19.2 Å². The molecule has 110 valence electrons. The van der Waals surface area contributed by atoms with Crippen LogP contribution >= 0.6 is 0 Å². The van der Waals surface area contributed by atoms with E-state index in [1.54, 1.807) is 6.92 Å². The van der Waals surface area contributed by atoms with Gasteiger partial charge in [0.2, 0.25) is 0 Å². The van der Waals surface area contributed by atoms with Crippen LogP contribution in [0.2, 0.25) is 0 Å². The van der Waals surface area contributed by atoms with Gasteiger partial charge in [-0.25, -0.2) is 8.78 Å². The zero-order chi connectivity index (χ0) is 15.4. The number of carbonyl (C=O) groups is 1. The first-order valence-electron chi connectivity index (χ1n) is 5.89. The van der Waals surface area contributed by atoms with E-state index in [-0.39, 0.29) is 13.1 Å². The van der Waals surface area contributed by atoms with Crippen molar-refractivity contribution < 1.29 is 23.6 Å². The van der Waals surface area contributed by atoms with Crippen molar-refractivity contribution in [1.82, 2.24) is 0 Å². The molecular weight excluding hydrogens is 274 g/mol. The highest BCUT2D eigenvalue weighted by Gasteiger charge is 2.27. The predicted molar refractivity (Wildman–Crippen MR) is 67.7 cm³/mol. The SMILES string of the molecule is CCN(CC(C)C(=O)O)c1c([N+](=O)[O-])ccc(F)c1F. The fourth-order valence-electron chi connectivity index (χ4n) is 1.77. The molecule has 0 radical (unpaired) electrons. The van der Waals surface area contributed by atoms with E-state index in [9.17, 15) is 23.7 Å². The van der Waals surface area contributed by atoms with Gasteiger partial charge in [-0.1, -0.05) is 6.92 Å². The minimum Gasteiger partial charge on any atom is -0.481 e. The maximum Gasteiger partial charge on any atom is 0.308 e. The van der Waals surface area contributed by atoms with Crippen molar-refractivity contribution >= 4 is 17.3 Å². The fourth-order valence-corrected chi connectivity index (χ4v) is 1.77. The van der Waals surface area contributed by atoms with Crippen molar-refractivity contribution in [2.45, 2.75) is 13.8 Å². The quantitative estimate of drug-likeness (QED) is 0.642. The van der Waals surface area contributed by atoms with Crippen molar-refractivity contribution in [1.29, 1.82) is 0 Å². The lowest BCUT2D eigenvalue weighted by atomic mass is 10.1. The molecule has 0 heterocycles. The number of anilines is 1. The van der Waals surface area contributed by atoms with E-state index in [2.05, 4.69) is 0 Å². The summed E-state index contributed by atoms with van der Waals surface area (Å²) >= 11 is 0. The molecule has 0 aliphatic heterocycles. The third-order valence-corrected chi connectivity index (χ3v) is 2.86. The number of carboxylic acids is 1. The molecule has 0 amide bonds. The number of aliphatic carboxylic acids is 1. The third kappa shape index (κ3) is 3.19. The molecule has 1 rings (SSSR count). The van der Waals surface area contributed by atoms with Gasteiger partial charge in [0.1, 0.15) is 0 Å². The summed E-state index contributed by atoms with van der Waals surface area (Å²) < 4.78 is 27.1. The summed E-state index contributed by atoms with van der Waals surface area (Å²) in [6.45, 7) is 2.91. The highest BCUT2D eigenvalue weighted by Crippen LogP contribution is 2.33. The molecule has 20 heavy (non-hydrogen) atoms. The number of benzene rings is 1. The molecule has 1 aromatic rings. The average Bonchev–Trinajstić information content (AvgIpc) is 2.38. The second kappa shape index (κ2) is 6.27. The van der Waals surface area contributed by atoms with E-state index >= 15 is 0 Å². The summed E-state index contributed by atoms with van der Waals surface area (Å²) in [5.74, 6) is -4.56. The van der Waals surface area contributed by atoms with Crippen LogP contribution < -0.4 is 4.90 Å². The van der Waals surface area contributed by atoms with Gasteiger partial charge in [0.25, 0.3) is 5.69 Å². The molecule has 6 nitrogen and oxygen atoms in total. The van der Waals surface area contributed by atoms with Crippen LogP contribution in [0.5, 0.6) is 0 Å². The van der Waals surface area contributed by atoms with Gasteiger partial charge in [-0.3, -0.25) is 14.9 Å². The lowest BCUT2D eigenvalue weighted by molar-refractivity contribution is -0.384. The summed E-state index contributed by atoms with van der Waals surface area (Å²) in [6, 6.07) is 1.53. The van der Waals surface area contributed by atoms with Gasteiger partial charge in [0.05, 0.1) is 10.8 Å². The first-order chi connectivity index (χ1) is 9.29. The maximum atomic E-state index is 13.8. The molecule has 0 fully saturated rings. The molecule has 1 atom stereocenters. The Hall–Kier alpha value is -2.25. The van der Waals surface area contributed by atoms with Crippen molar-refractivity contribution in [2.24, 2.45) is 5.92 Å². The van der Waals surface area contributed by atoms with Crippen molar-refractivity contribution in [3.8, 4) is 0 Å². The van der Waals surface area contributed by atoms with E-state index in [4.69, 9.17) is 5.11 Å². The van der Waals surface area contributed by atoms with E-state index in [1.807, 2.05) is 0 Å². The lowest BCUT2D eigenvalue weighted by Gasteiger charge is -2.25. The Morgan fingerprint density at radius 1 is 1.50 bits per heavy atom. The Morgan fingerprint density at radius 2 is 2.10 bits per heavy atom. The zero-order valence-electron chi connectivity index (χ0n) is 11.0. The number of carboxylic acid groups (broad SMARTS) is 1. The molecular formula is C12H14F2N2O4. The zero-order valence-corrected chi connectivity index (χ0v) is 11.0. The van der Waals surface area contributed by atoms with Gasteiger partial charge in [-0.05, 0) is 13.0 Å². The van der Waals surface area contributed by atoms with Gasteiger partial charge >= 0.3 is 5.97 Å². The number of hydrogen-bond acceptors (Lipinski definition) is 4. The molecule has 1 aromatic carbocycles.